The topological polar surface area (TPSA) is 25.2 Å². The molecule has 0 amide bonds. The van der Waals surface area contributed by atoms with Crippen LogP contribution in [0.1, 0.15) is 5.76 Å². The molecule has 0 atom stereocenters. The second-order valence-electron chi connectivity index (χ2n) is 4.87. The lowest BCUT2D eigenvalue weighted by Gasteiger charge is -2.07. The van der Waals surface area contributed by atoms with Crippen molar-refractivity contribution in [3.8, 4) is 11.3 Å². The zero-order chi connectivity index (χ0) is 16.4. The lowest BCUT2D eigenvalue weighted by atomic mass is 10.2. The van der Waals surface area contributed by atoms with Gasteiger partial charge in [-0.3, -0.25) is 0 Å². The lowest BCUT2D eigenvalue weighted by Crippen LogP contribution is -1.98. The first-order valence-corrected chi connectivity index (χ1v) is 7.89. The van der Waals surface area contributed by atoms with Crippen LogP contribution in [0.3, 0.4) is 0 Å². The average Bonchev–Trinajstić information content (AvgIpc) is 2.98. The van der Waals surface area contributed by atoms with Gasteiger partial charge in [-0.1, -0.05) is 34.8 Å². The van der Waals surface area contributed by atoms with Gasteiger partial charge in [0.25, 0.3) is 0 Å². The van der Waals surface area contributed by atoms with Gasteiger partial charge in [-0.15, -0.1) is 0 Å². The van der Waals surface area contributed by atoms with Gasteiger partial charge in [0.15, 0.2) is 0 Å². The van der Waals surface area contributed by atoms with E-state index in [2.05, 4.69) is 5.32 Å². The fourth-order valence-electron chi connectivity index (χ4n) is 2.09. The molecule has 0 saturated carbocycles. The maximum atomic E-state index is 13.2. The van der Waals surface area contributed by atoms with E-state index >= 15 is 0 Å². The summed E-state index contributed by atoms with van der Waals surface area (Å²) in [5, 5.41) is 4.35. The summed E-state index contributed by atoms with van der Waals surface area (Å²) in [6, 6.07) is 13.3. The Morgan fingerprint density at radius 2 is 1.74 bits per heavy atom. The van der Waals surface area contributed by atoms with Crippen LogP contribution in [0.25, 0.3) is 11.3 Å². The van der Waals surface area contributed by atoms with Crippen LogP contribution in [0.4, 0.5) is 10.1 Å². The molecule has 0 bridgehead atoms. The number of rotatable bonds is 4. The van der Waals surface area contributed by atoms with Gasteiger partial charge >= 0.3 is 0 Å². The fraction of sp³-hybridized carbons (Fsp3) is 0.0588. The largest absolute Gasteiger partial charge is 0.459 e. The Balaban J connectivity index is 1.73. The van der Waals surface area contributed by atoms with Gasteiger partial charge in [0.05, 0.1) is 22.3 Å². The van der Waals surface area contributed by atoms with Crippen LogP contribution in [0.5, 0.6) is 0 Å². The summed E-state index contributed by atoms with van der Waals surface area (Å²) in [6.45, 7) is 0.455. The molecule has 0 aliphatic rings. The molecule has 0 fully saturated rings. The number of benzene rings is 2. The summed E-state index contributed by atoms with van der Waals surface area (Å²) in [4.78, 5) is 0. The summed E-state index contributed by atoms with van der Waals surface area (Å²) in [6.07, 6.45) is 0. The minimum absolute atomic E-state index is 0.0616. The van der Waals surface area contributed by atoms with Crippen molar-refractivity contribution in [2.24, 2.45) is 0 Å². The maximum absolute atomic E-state index is 13.2. The number of hydrogen-bond acceptors (Lipinski definition) is 2. The normalized spacial score (nSPS) is 10.8. The quantitative estimate of drug-likeness (QED) is 0.555. The standard InChI is InChI=1S/C17H11Cl3FNO/c18-11-2-5-16(14(20)8-11)22-9-12-3-6-17(23-12)10-1-4-15(21)13(19)7-10/h1-8,22H,9H2. The van der Waals surface area contributed by atoms with E-state index in [1.54, 1.807) is 24.3 Å². The summed E-state index contributed by atoms with van der Waals surface area (Å²) in [7, 11) is 0. The molecule has 1 aromatic heterocycles. The van der Waals surface area contributed by atoms with Gasteiger partial charge in [0, 0.05) is 10.6 Å². The van der Waals surface area contributed by atoms with E-state index < -0.39 is 5.82 Å². The summed E-state index contributed by atoms with van der Waals surface area (Å²) < 4.78 is 18.9. The molecule has 0 aliphatic heterocycles. The Hall–Kier alpha value is -1.68. The van der Waals surface area contributed by atoms with E-state index in [0.717, 1.165) is 5.69 Å². The van der Waals surface area contributed by atoms with Crippen LogP contribution in [0.15, 0.2) is 52.9 Å². The van der Waals surface area contributed by atoms with Gasteiger partial charge < -0.3 is 9.73 Å². The minimum Gasteiger partial charge on any atom is -0.459 e. The highest BCUT2D eigenvalue weighted by Gasteiger charge is 2.08. The molecule has 1 heterocycles. The molecule has 23 heavy (non-hydrogen) atoms. The SMILES string of the molecule is Fc1ccc(-c2ccc(CNc3ccc(Cl)cc3Cl)o2)cc1Cl. The maximum Gasteiger partial charge on any atom is 0.141 e. The molecule has 0 spiro atoms. The molecule has 2 nitrogen and oxygen atoms in total. The van der Waals surface area contributed by atoms with Gasteiger partial charge in [-0.2, -0.15) is 0 Å². The van der Waals surface area contributed by atoms with Crippen LogP contribution in [-0.2, 0) is 6.54 Å². The zero-order valence-electron chi connectivity index (χ0n) is 11.7. The third kappa shape index (κ3) is 3.81. The summed E-state index contributed by atoms with van der Waals surface area (Å²) >= 11 is 17.7. The second-order valence-corrected chi connectivity index (χ2v) is 6.12. The van der Waals surface area contributed by atoms with E-state index in [0.29, 0.717) is 33.7 Å². The minimum atomic E-state index is -0.457. The Bertz CT molecular complexity index is 848. The van der Waals surface area contributed by atoms with Crippen LogP contribution >= 0.6 is 34.8 Å². The highest BCUT2D eigenvalue weighted by Crippen LogP contribution is 2.28. The Morgan fingerprint density at radius 1 is 0.913 bits per heavy atom. The van der Waals surface area contributed by atoms with Gasteiger partial charge in [-0.25, -0.2) is 4.39 Å². The highest BCUT2D eigenvalue weighted by molar-refractivity contribution is 6.36. The van der Waals surface area contributed by atoms with Crippen LogP contribution in [-0.4, -0.2) is 0 Å². The van der Waals surface area contributed by atoms with Crippen LogP contribution in [0, 0.1) is 5.82 Å². The van der Waals surface area contributed by atoms with E-state index in [4.69, 9.17) is 39.2 Å². The van der Waals surface area contributed by atoms with Gasteiger partial charge in [0.2, 0.25) is 0 Å². The molecule has 118 valence electrons. The number of furan rings is 1. The van der Waals surface area contributed by atoms with E-state index in [9.17, 15) is 4.39 Å². The first-order chi connectivity index (χ1) is 11.0. The predicted molar refractivity (Wildman–Crippen MR) is 92.9 cm³/mol. The first-order valence-electron chi connectivity index (χ1n) is 6.76. The van der Waals surface area contributed by atoms with Crippen molar-refractivity contribution >= 4 is 40.5 Å². The average molecular weight is 371 g/mol. The first kappa shape index (κ1) is 16.2. The van der Waals surface area contributed by atoms with Crippen LogP contribution in [0.2, 0.25) is 15.1 Å². The zero-order valence-corrected chi connectivity index (χ0v) is 14.0. The lowest BCUT2D eigenvalue weighted by molar-refractivity contribution is 0.531. The smallest absolute Gasteiger partial charge is 0.141 e. The molecular weight excluding hydrogens is 360 g/mol. The monoisotopic (exact) mass is 369 g/mol. The highest BCUT2D eigenvalue weighted by atomic mass is 35.5. The van der Waals surface area contributed by atoms with E-state index in [1.807, 2.05) is 12.1 Å². The fourth-order valence-corrected chi connectivity index (χ4v) is 2.75. The molecule has 0 aliphatic carbocycles. The third-order valence-corrected chi connectivity index (χ3v) is 4.09. The molecule has 2 aromatic carbocycles. The summed E-state index contributed by atoms with van der Waals surface area (Å²) in [5.74, 6) is 0.874. The molecule has 3 rings (SSSR count). The molecular formula is C17H11Cl3FNO. The van der Waals surface area contributed by atoms with Crippen molar-refractivity contribution in [2.75, 3.05) is 5.32 Å². The molecule has 6 heteroatoms. The molecule has 3 aromatic rings. The number of anilines is 1. The Kier molecular flexibility index (Phi) is 4.81. The Labute approximate surface area is 147 Å². The van der Waals surface area contributed by atoms with Crippen molar-refractivity contribution < 1.29 is 8.81 Å². The predicted octanol–water partition coefficient (Wildman–Crippen LogP) is 6.66. The van der Waals surface area contributed by atoms with E-state index in [1.165, 1.54) is 12.1 Å². The molecule has 0 radical (unpaired) electrons. The van der Waals surface area contributed by atoms with Crippen molar-refractivity contribution in [3.63, 3.8) is 0 Å². The van der Waals surface area contributed by atoms with Gasteiger partial charge in [-0.05, 0) is 48.5 Å². The van der Waals surface area contributed by atoms with E-state index in [-0.39, 0.29) is 5.02 Å². The van der Waals surface area contributed by atoms with Crippen molar-refractivity contribution in [2.45, 2.75) is 6.54 Å². The van der Waals surface area contributed by atoms with Crippen molar-refractivity contribution in [1.82, 2.24) is 0 Å². The van der Waals surface area contributed by atoms with Crippen LogP contribution < -0.4 is 5.32 Å². The van der Waals surface area contributed by atoms with Crippen molar-refractivity contribution in [1.29, 1.82) is 0 Å². The second kappa shape index (κ2) is 6.83. The molecule has 0 unspecified atom stereocenters. The third-order valence-electron chi connectivity index (χ3n) is 3.25. The Morgan fingerprint density at radius 3 is 2.48 bits per heavy atom. The molecule has 1 N–H and O–H groups in total. The summed E-state index contributed by atoms with van der Waals surface area (Å²) in [5.41, 5.74) is 1.48. The van der Waals surface area contributed by atoms with Crippen molar-refractivity contribution in [3.05, 3.63) is 75.2 Å². The van der Waals surface area contributed by atoms with Gasteiger partial charge in [0.1, 0.15) is 17.3 Å². The molecule has 0 saturated heterocycles. The number of halogens is 4. The number of nitrogens with one attached hydrogen (secondary N) is 1. The number of hydrogen-bond donors (Lipinski definition) is 1.